The maximum Gasteiger partial charge on any atom is 0.352 e. The molecule has 0 fully saturated rings. The van der Waals surface area contributed by atoms with E-state index in [0.29, 0.717) is 11.3 Å². The topological polar surface area (TPSA) is 71.1 Å². The fraction of sp³-hybridized carbons (Fsp3) is 0.300. The summed E-state index contributed by atoms with van der Waals surface area (Å²) in [6, 6.07) is 10.0. The van der Waals surface area contributed by atoms with E-state index >= 15 is 0 Å². The lowest BCUT2D eigenvalue weighted by atomic mass is 10.1. The highest BCUT2D eigenvalue weighted by atomic mass is 16.6. The average molecular weight is 358 g/mol. The van der Waals surface area contributed by atoms with E-state index < -0.39 is 18.0 Å². The number of ether oxygens (including phenoxy) is 4. The molecule has 2 aromatic rings. The third-order valence-electron chi connectivity index (χ3n) is 3.92. The van der Waals surface area contributed by atoms with Gasteiger partial charge in [0.2, 0.25) is 0 Å². The second-order valence-electron chi connectivity index (χ2n) is 5.78. The van der Waals surface area contributed by atoms with Crippen LogP contribution in [0.25, 0.3) is 0 Å². The van der Waals surface area contributed by atoms with Gasteiger partial charge < -0.3 is 18.9 Å². The molecule has 6 nitrogen and oxygen atoms in total. The predicted molar refractivity (Wildman–Crippen MR) is 96.0 cm³/mol. The second kappa shape index (κ2) is 8.38. The van der Waals surface area contributed by atoms with Gasteiger partial charge in [-0.05, 0) is 62.2 Å². The van der Waals surface area contributed by atoms with Gasteiger partial charge in [-0.3, -0.25) is 0 Å². The highest BCUT2D eigenvalue weighted by Gasteiger charge is 2.20. The van der Waals surface area contributed by atoms with Crippen molar-refractivity contribution in [3.8, 4) is 17.2 Å². The Bertz CT molecular complexity index is 812. The zero-order valence-corrected chi connectivity index (χ0v) is 15.5. The van der Waals surface area contributed by atoms with Crippen LogP contribution in [0.4, 0.5) is 0 Å². The third kappa shape index (κ3) is 4.53. The SMILES string of the molecule is COC(=O)c1ccc(OC(=O)[C@@H](C)Oc2ccc(C)c(C)c2)c(OC)c1. The van der Waals surface area contributed by atoms with Crippen molar-refractivity contribution in [2.24, 2.45) is 0 Å². The third-order valence-corrected chi connectivity index (χ3v) is 3.92. The Kier molecular flexibility index (Phi) is 6.22. The van der Waals surface area contributed by atoms with Crippen molar-refractivity contribution in [2.75, 3.05) is 14.2 Å². The molecule has 0 aromatic heterocycles. The monoisotopic (exact) mass is 358 g/mol. The molecule has 0 unspecified atom stereocenters. The van der Waals surface area contributed by atoms with Gasteiger partial charge >= 0.3 is 11.9 Å². The zero-order chi connectivity index (χ0) is 19.3. The van der Waals surface area contributed by atoms with Gasteiger partial charge in [-0.2, -0.15) is 0 Å². The average Bonchev–Trinajstić information content (AvgIpc) is 2.64. The standard InChI is InChI=1S/C20H22O6/c1-12-6-8-16(10-13(12)2)25-14(3)19(21)26-17-9-7-15(20(22)24-5)11-18(17)23-4/h6-11,14H,1-5H3/t14-/m1/s1. The molecular weight excluding hydrogens is 336 g/mol. The number of aryl methyl sites for hydroxylation is 2. The van der Waals surface area contributed by atoms with Crippen molar-refractivity contribution >= 4 is 11.9 Å². The molecular formula is C20H22O6. The number of hydrogen-bond acceptors (Lipinski definition) is 6. The Balaban J connectivity index is 2.10. The van der Waals surface area contributed by atoms with Gasteiger partial charge in [0.25, 0.3) is 0 Å². The first-order valence-corrected chi connectivity index (χ1v) is 8.07. The number of carbonyl (C=O) groups excluding carboxylic acids is 2. The molecule has 0 saturated carbocycles. The van der Waals surface area contributed by atoms with Crippen LogP contribution in [0.3, 0.4) is 0 Å². The molecule has 0 aliphatic heterocycles. The van der Waals surface area contributed by atoms with E-state index in [1.54, 1.807) is 13.0 Å². The first kappa shape index (κ1) is 19.3. The smallest absolute Gasteiger partial charge is 0.352 e. The van der Waals surface area contributed by atoms with Crippen molar-refractivity contribution in [1.82, 2.24) is 0 Å². The maximum atomic E-state index is 12.3. The largest absolute Gasteiger partial charge is 0.493 e. The van der Waals surface area contributed by atoms with E-state index in [0.717, 1.165) is 11.1 Å². The zero-order valence-electron chi connectivity index (χ0n) is 15.5. The summed E-state index contributed by atoms with van der Waals surface area (Å²) in [6.07, 6.45) is -0.818. The fourth-order valence-electron chi connectivity index (χ4n) is 2.23. The summed E-state index contributed by atoms with van der Waals surface area (Å²) in [7, 11) is 2.71. The summed E-state index contributed by atoms with van der Waals surface area (Å²) in [6.45, 7) is 5.58. The molecule has 1 atom stereocenters. The minimum atomic E-state index is -0.818. The summed E-state index contributed by atoms with van der Waals surface area (Å²) in [5.74, 6) is -0.0501. The van der Waals surface area contributed by atoms with Gasteiger partial charge in [-0.25, -0.2) is 9.59 Å². The molecule has 0 aliphatic rings. The normalized spacial score (nSPS) is 11.4. The molecule has 6 heteroatoms. The predicted octanol–water partition coefficient (Wildman–Crippen LogP) is 3.47. The summed E-state index contributed by atoms with van der Waals surface area (Å²) < 4.78 is 20.8. The molecule has 0 N–H and O–H groups in total. The lowest BCUT2D eigenvalue weighted by molar-refractivity contribution is -0.141. The molecule has 0 radical (unpaired) electrons. The first-order valence-electron chi connectivity index (χ1n) is 8.07. The van der Waals surface area contributed by atoms with E-state index in [1.807, 2.05) is 26.0 Å². The summed E-state index contributed by atoms with van der Waals surface area (Å²) in [4.78, 5) is 23.9. The molecule has 0 heterocycles. The number of hydrogen-bond donors (Lipinski definition) is 0. The summed E-state index contributed by atoms with van der Waals surface area (Å²) in [5.41, 5.74) is 2.51. The Labute approximate surface area is 152 Å². The lowest BCUT2D eigenvalue weighted by Gasteiger charge is -2.16. The highest BCUT2D eigenvalue weighted by Crippen LogP contribution is 2.29. The highest BCUT2D eigenvalue weighted by molar-refractivity contribution is 5.90. The van der Waals surface area contributed by atoms with E-state index in [1.165, 1.54) is 32.4 Å². The molecule has 0 saturated heterocycles. The van der Waals surface area contributed by atoms with Crippen molar-refractivity contribution in [3.63, 3.8) is 0 Å². The van der Waals surface area contributed by atoms with E-state index in [4.69, 9.17) is 14.2 Å². The van der Waals surface area contributed by atoms with E-state index in [9.17, 15) is 9.59 Å². The van der Waals surface area contributed by atoms with Crippen molar-refractivity contribution in [1.29, 1.82) is 0 Å². The van der Waals surface area contributed by atoms with Crippen LogP contribution in [-0.2, 0) is 9.53 Å². The number of rotatable bonds is 6. The molecule has 0 amide bonds. The maximum absolute atomic E-state index is 12.3. The quantitative estimate of drug-likeness (QED) is 0.582. The van der Waals surface area contributed by atoms with Crippen LogP contribution in [0, 0.1) is 13.8 Å². The van der Waals surface area contributed by atoms with E-state index in [-0.39, 0.29) is 11.5 Å². The molecule has 0 spiro atoms. The number of esters is 2. The fourth-order valence-corrected chi connectivity index (χ4v) is 2.23. The van der Waals surface area contributed by atoms with Crippen molar-refractivity contribution < 1.29 is 28.5 Å². The molecule has 0 bridgehead atoms. The molecule has 26 heavy (non-hydrogen) atoms. The van der Waals surface area contributed by atoms with Gasteiger partial charge in [0, 0.05) is 0 Å². The second-order valence-corrected chi connectivity index (χ2v) is 5.78. The molecule has 2 rings (SSSR count). The van der Waals surface area contributed by atoms with Crippen molar-refractivity contribution in [2.45, 2.75) is 26.9 Å². The Morgan fingerprint density at radius 3 is 2.27 bits per heavy atom. The van der Waals surface area contributed by atoms with Crippen LogP contribution in [0.15, 0.2) is 36.4 Å². The number of carbonyl (C=O) groups is 2. The Morgan fingerprint density at radius 2 is 1.65 bits per heavy atom. The van der Waals surface area contributed by atoms with Crippen LogP contribution >= 0.6 is 0 Å². The summed E-state index contributed by atoms with van der Waals surface area (Å²) in [5, 5.41) is 0. The van der Waals surface area contributed by atoms with Gasteiger partial charge in [0.1, 0.15) is 5.75 Å². The van der Waals surface area contributed by atoms with Crippen LogP contribution in [-0.4, -0.2) is 32.3 Å². The lowest BCUT2D eigenvalue weighted by Crippen LogP contribution is -2.28. The van der Waals surface area contributed by atoms with Crippen LogP contribution < -0.4 is 14.2 Å². The minimum Gasteiger partial charge on any atom is -0.493 e. The van der Waals surface area contributed by atoms with Gasteiger partial charge in [-0.1, -0.05) is 6.07 Å². The van der Waals surface area contributed by atoms with E-state index in [2.05, 4.69) is 4.74 Å². The number of methoxy groups -OCH3 is 2. The van der Waals surface area contributed by atoms with Crippen molar-refractivity contribution in [3.05, 3.63) is 53.1 Å². The first-order chi connectivity index (χ1) is 12.3. The van der Waals surface area contributed by atoms with Crippen LogP contribution in [0.5, 0.6) is 17.2 Å². The van der Waals surface area contributed by atoms with Gasteiger partial charge in [0.15, 0.2) is 17.6 Å². The minimum absolute atomic E-state index is 0.195. The molecule has 0 aliphatic carbocycles. The molecule has 138 valence electrons. The van der Waals surface area contributed by atoms with Gasteiger partial charge in [-0.15, -0.1) is 0 Å². The summed E-state index contributed by atoms with van der Waals surface area (Å²) >= 11 is 0. The van der Waals surface area contributed by atoms with Gasteiger partial charge in [0.05, 0.1) is 19.8 Å². The Morgan fingerprint density at radius 1 is 0.923 bits per heavy atom. The Hall–Kier alpha value is -3.02. The van der Waals surface area contributed by atoms with Crippen LogP contribution in [0.2, 0.25) is 0 Å². The van der Waals surface area contributed by atoms with Crippen LogP contribution in [0.1, 0.15) is 28.4 Å². The number of benzene rings is 2. The molecule has 2 aromatic carbocycles.